The molecule has 2 aromatic rings. The molecule has 3 nitrogen and oxygen atoms in total. The normalized spacial score (nSPS) is 13.8. The average molecular weight is 437 g/mol. The molecule has 0 radical (unpaired) electrons. The topological polar surface area (TPSA) is 35.5 Å². The van der Waals surface area contributed by atoms with Crippen molar-refractivity contribution < 1.29 is 14.3 Å². The molecule has 0 amide bonds. The van der Waals surface area contributed by atoms with E-state index in [1.165, 1.54) is 44.9 Å². The number of carbonyl (C=O) groups excluding carboxylic acids is 1. The molecule has 0 saturated carbocycles. The molecule has 2 aromatic carbocycles. The highest BCUT2D eigenvalue weighted by Crippen LogP contribution is 2.49. The van der Waals surface area contributed by atoms with Crippen LogP contribution in [0.3, 0.4) is 0 Å². The van der Waals surface area contributed by atoms with Crippen molar-refractivity contribution in [3.8, 4) is 11.1 Å². The molecule has 0 bridgehead atoms. The largest absolute Gasteiger partial charge is 0.465 e. The van der Waals surface area contributed by atoms with Gasteiger partial charge in [-0.1, -0.05) is 114 Å². The lowest BCUT2D eigenvalue weighted by molar-refractivity contribution is -0.151. The number of hydrogen-bond donors (Lipinski definition) is 0. The van der Waals surface area contributed by atoms with E-state index in [9.17, 15) is 4.79 Å². The Morgan fingerprint density at radius 1 is 0.781 bits per heavy atom. The quantitative estimate of drug-likeness (QED) is 0.230. The van der Waals surface area contributed by atoms with Crippen LogP contribution in [0.1, 0.15) is 82.8 Å². The first kappa shape index (κ1) is 24.5. The Kier molecular flexibility index (Phi) is 9.35. The number of carbonyl (C=O) groups is 1. The summed E-state index contributed by atoms with van der Waals surface area (Å²) in [6.45, 7) is 5.36. The van der Waals surface area contributed by atoms with E-state index in [2.05, 4.69) is 26.0 Å². The molecule has 0 N–H and O–H groups in total. The third-order valence-corrected chi connectivity index (χ3v) is 6.68. The van der Waals surface area contributed by atoms with E-state index in [1.54, 1.807) is 7.11 Å². The summed E-state index contributed by atoms with van der Waals surface area (Å²) in [6.07, 6.45) is 11.3. The van der Waals surface area contributed by atoms with Gasteiger partial charge in [0.15, 0.2) is 0 Å². The molecule has 3 rings (SSSR count). The summed E-state index contributed by atoms with van der Waals surface area (Å²) in [6, 6.07) is 16.3. The van der Waals surface area contributed by atoms with Crippen molar-refractivity contribution in [2.75, 3.05) is 20.3 Å². The number of hydrogen-bond acceptors (Lipinski definition) is 3. The van der Waals surface area contributed by atoms with Crippen LogP contribution in [0.2, 0.25) is 0 Å². The van der Waals surface area contributed by atoms with E-state index in [1.807, 2.05) is 36.4 Å². The second-order valence-electron chi connectivity index (χ2n) is 9.58. The number of unbranched alkanes of at least 4 members (excludes halogenated alkanes) is 7. The molecule has 3 heteroatoms. The molecule has 0 saturated heterocycles. The van der Waals surface area contributed by atoms with Crippen LogP contribution < -0.4 is 0 Å². The third-order valence-electron chi connectivity index (χ3n) is 6.68. The highest BCUT2D eigenvalue weighted by molar-refractivity contribution is 5.98. The first-order chi connectivity index (χ1) is 15.6. The van der Waals surface area contributed by atoms with E-state index in [0.717, 1.165) is 41.0 Å². The van der Waals surface area contributed by atoms with Crippen LogP contribution >= 0.6 is 0 Å². The fourth-order valence-corrected chi connectivity index (χ4v) is 4.98. The van der Waals surface area contributed by atoms with Gasteiger partial charge in [-0.15, -0.1) is 0 Å². The Balaban J connectivity index is 1.49. The van der Waals surface area contributed by atoms with E-state index in [0.29, 0.717) is 6.61 Å². The van der Waals surface area contributed by atoms with Gasteiger partial charge in [0, 0.05) is 7.11 Å². The molecular formula is C29H40O3. The van der Waals surface area contributed by atoms with E-state index in [-0.39, 0.29) is 12.6 Å². The molecule has 0 atom stereocenters. The highest BCUT2D eigenvalue weighted by Gasteiger charge is 2.50. The minimum absolute atomic E-state index is 0.193. The predicted octanol–water partition coefficient (Wildman–Crippen LogP) is 7.31. The number of ether oxygens (including phenoxy) is 2. The minimum Gasteiger partial charge on any atom is -0.465 e. The zero-order valence-corrected chi connectivity index (χ0v) is 20.2. The number of fused-ring (bicyclic) bond motifs is 3. The fourth-order valence-electron chi connectivity index (χ4n) is 4.98. The average Bonchev–Trinajstić information content (AvgIpc) is 3.08. The Labute approximate surface area is 194 Å². The molecule has 1 aliphatic rings. The molecule has 32 heavy (non-hydrogen) atoms. The van der Waals surface area contributed by atoms with Crippen molar-refractivity contribution in [2.24, 2.45) is 5.92 Å². The van der Waals surface area contributed by atoms with Crippen LogP contribution in [-0.2, 0) is 19.7 Å². The van der Waals surface area contributed by atoms with Crippen LogP contribution in [0.15, 0.2) is 48.5 Å². The molecule has 0 spiro atoms. The van der Waals surface area contributed by atoms with E-state index < -0.39 is 5.41 Å². The molecule has 0 unspecified atom stereocenters. The van der Waals surface area contributed by atoms with Crippen LogP contribution in [0.25, 0.3) is 11.1 Å². The van der Waals surface area contributed by atoms with Crippen molar-refractivity contribution in [2.45, 2.75) is 77.0 Å². The van der Waals surface area contributed by atoms with Gasteiger partial charge in [0.1, 0.15) is 5.41 Å². The number of esters is 1. The van der Waals surface area contributed by atoms with E-state index >= 15 is 0 Å². The summed E-state index contributed by atoms with van der Waals surface area (Å²) >= 11 is 0. The SMILES string of the molecule is COCC1(C(=O)OCCCCCCCCCCC(C)C)c2ccccc2-c2ccccc21. The first-order valence-electron chi connectivity index (χ1n) is 12.5. The van der Waals surface area contributed by atoms with Crippen molar-refractivity contribution in [3.05, 3.63) is 59.7 Å². The van der Waals surface area contributed by atoms with Gasteiger partial charge in [0.2, 0.25) is 0 Å². The number of rotatable bonds is 14. The Morgan fingerprint density at radius 3 is 1.81 bits per heavy atom. The molecule has 0 heterocycles. The lowest BCUT2D eigenvalue weighted by Gasteiger charge is -2.29. The lowest BCUT2D eigenvalue weighted by Crippen LogP contribution is -2.41. The highest BCUT2D eigenvalue weighted by atomic mass is 16.5. The third kappa shape index (κ3) is 5.61. The van der Waals surface area contributed by atoms with E-state index in [4.69, 9.17) is 9.47 Å². The molecular weight excluding hydrogens is 396 g/mol. The van der Waals surface area contributed by atoms with Crippen LogP contribution in [0.5, 0.6) is 0 Å². The van der Waals surface area contributed by atoms with Crippen molar-refractivity contribution in [1.82, 2.24) is 0 Å². The molecule has 174 valence electrons. The summed E-state index contributed by atoms with van der Waals surface area (Å²) in [5, 5.41) is 0. The Bertz CT molecular complexity index is 809. The summed E-state index contributed by atoms with van der Waals surface area (Å²) in [5.74, 6) is 0.633. The van der Waals surface area contributed by atoms with Crippen molar-refractivity contribution in [1.29, 1.82) is 0 Å². The molecule has 1 aliphatic carbocycles. The van der Waals surface area contributed by atoms with Gasteiger partial charge in [-0.05, 0) is 34.6 Å². The fraction of sp³-hybridized carbons (Fsp3) is 0.552. The maximum Gasteiger partial charge on any atom is 0.323 e. The van der Waals surface area contributed by atoms with Gasteiger partial charge < -0.3 is 9.47 Å². The van der Waals surface area contributed by atoms with Gasteiger partial charge in [-0.25, -0.2) is 0 Å². The number of benzene rings is 2. The van der Waals surface area contributed by atoms with Gasteiger partial charge in [0.05, 0.1) is 13.2 Å². The molecule has 0 aromatic heterocycles. The second-order valence-corrected chi connectivity index (χ2v) is 9.58. The van der Waals surface area contributed by atoms with Crippen LogP contribution in [-0.4, -0.2) is 26.3 Å². The van der Waals surface area contributed by atoms with Crippen LogP contribution in [0, 0.1) is 5.92 Å². The Hall–Kier alpha value is -2.13. The predicted molar refractivity (Wildman–Crippen MR) is 132 cm³/mol. The van der Waals surface area contributed by atoms with Crippen molar-refractivity contribution >= 4 is 5.97 Å². The summed E-state index contributed by atoms with van der Waals surface area (Å²) < 4.78 is 11.4. The Morgan fingerprint density at radius 2 is 1.28 bits per heavy atom. The monoisotopic (exact) mass is 436 g/mol. The zero-order valence-electron chi connectivity index (χ0n) is 20.2. The summed E-state index contributed by atoms with van der Waals surface area (Å²) in [5.41, 5.74) is 3.31. The van der Waals surface area contributed by atoms with Gasteiger partial charge in [-0.2, -0.15) is 0 Å². The standard InChI is InChI=1S/C29H40O3/c1-23(2)16-10-8-6-4-5-7-9-15-21-32-28(30)29(22-31-3)26-19-13-11-17-24(26)25-18-12-14-20-27(25)29/h11-14,17-20,23H,4-10,15-16,21-22H2,1-3H3. The summed E-state index contributed by atoms with van der Waals surface area (Å²) in [4.78, 5) is 13.5. The first-order valence-corrected chi connectivity index (χ1v) is 12.5. The minimum atomic E-state index is -0.877. The lowest BCUT2D eigenvalue weighted by atomic mass is 9.79. The van der Waals surface area contributed by atoms with Crippen molar-refractivity contribution in [3.63, 3.8) is 0 Å². The maximum absolute atomic E-state index is 13.5. The number of methoxy groups -OCH3 is 1. The van der Waals surface area contributed by atoms with Gasteiger partial charge in [-0.3, -0.25) is 4.79 Å². The smallest absolute Gasteiger partial charge is 0.323 e. The van der Waals surface area contributed by atoms with Crippen LogP contribution in [0.4, 0.5) is 0 Å². The van der Waals surface area contributed by atoms with Gasteiger partial charge in [0.25, 0.3) is 0 Å². The molecule has 0 fully saturated rings. The zero-order chi connectivity index (χ0) is 22.8. The summed E-state index contributed by atoms with van der Waals surface area (Å²) in [7, 11) is 1.65. The second kappa shape index (κ2) is 12.2. The van der Waals surface area contributed by atoms with Gasteiger partial charge >= 0.3 is 5.97 Å². The maximum atomic E-state index is 13.5. The molecule has 0 aliphatic heterocycles.